The predicted molar refractivity (Wildman–Crippen MR) is 106 cm³/mol. The third-order valence-corrected chi connectivity index (χ3v) is 7.37. The number of halogens is 5. The summed E-state index contributed by atoms with van der Waals surface area (Å²) in [5.41, 5.74) is 0.391. The van der Waals surface area contributed by atoms with Crippen molar-refractivity contribution in [1.82, 2.24) is 0 Å². The van der Waals surface area contributed by atoms with E-state index in [1.54, 1.807) is 12.1 Å². The van der Waals surface area contributed by atoms with Gasteiger partial charge in [0.15, 0.2) is 0 Å². The van der Waals surface area contributed by atoms with Gasteiger partial charge in [0, 0.05) is 5.56 Å². The van der Waals surface area contributed by atoms with E-state index in [1.165, 1.54) is 32.1 Å². The molecule has 0 aliphatic heterocycles. The highest BCUT2D eigenvalue weighted by molar-refractivity contribution is 5.28. The highest BCUT2D eigenvalue weighted by Crippen LogP contribution is 2.45. The molecule has 2 aliphatic carbocycles. The van der Waals surface area contributed by atoms with Crippen molar-refractivity contribution in [2.24, 2.45) is 17.8 Å². The molecule has 5 heteroatoms. The van der Waals surface area contributed by atoms with E-state index >= 15 is 0 Å². The highest BCUT2D eigenvalue weighted by Gasteiger charge is 2.42. The Morgan fingerprint density at radius 2 is 1.34 bits per heavy atom. The molecule has 0 saturated heterocycles. The van der Waals surface area contributed by atoms with E-state index < -0.39 is 17.9 Å². The molecule has 3 rings (SSSR count). The van der Waals surface area contributed by atoms with Crippen molar-refractivity contribution < 1.29 is 22.0 Å². The molecule has 164 valence electrons. The fourth-order valence-corrected chi connectivity index (χ4v) is 5.50. The van der Waals surface area contributed by atoms with Gasteiger partial charge in [-0.1, -0.05) is 49.9 Å². The Morgan fingerprint density at radius 1 is 0.793 bits per heavy atom. The lowest BCUT2D eigenvalue weighted by molar-refractivity contribution is -0.135. The minimum absolute atomic E-state index is 0.198. The molecule has 1 aromatic carbocycles. The fourth-order valence-electron chi connectivity index (χ4n) is 5.50. The van der Waals surface area contributed by atoms with Crippen LogP contribution in [0.5, 0.6) is 0 Å². The van der Waals surface area contributed by atoms with Gasteiger partial charge in [0.25, 0.3) is 0 Å². The van der Waals surface area contributed by atoms with Crippen LogP contribution in [0, 0.1) is 17.8 Å². The molecule has 0 unspecified atom stereocenters. The summed E-state index contributed by atoms with van der Waals surface area (Å²) in [5.74, 6) is -1.42. The van der Waals surface area contributed by atoms with Gasteiger partial charge in [-0.2, -0.15) is 8.78 Å². The Labute approximate surface area is 171 Å². The molecule has 2 aliphatic rings. The lowest BCUT2D eigenvalue weighted by atomic mass is 9.68. The van der Waals surface area contributed by atoms with E-state index in [-0.39, 0.29) is 6.67 Å². The summed E-state index contributed by atoms with van der Waals surface area (Å²) >= 11 is 0. The van der Waals surface area contributed by atoms with Crippen LogP contribution in [0.2, 0.25) is 0 Å². The zero-order valence-electron chi connectivity index (χ0n) is 17.1. The van der Waals surface area contributed by atoms with Crippen molar-refractivity contribution in [2.75, 3.05) is 6.67 Å². The Kier molecular flexibility index (Phi) is 7.98. The maximum absolute atomic E-state index is 13.5. The largest absolute Gasteiger partial charge is 0.332 e. The molecule has 29 heavy (non-hydrogen) atoms. The van der Waals surface area contributed by atoms with Gasteiger partial charge < -0.3 is 0 Å². The Balaban J connectivity index is 1.45. The first kappa shape index (κ1) is 22.6. The minimum atomic E-state index is -4.08. The highest BCUT2D eigenvalue weighted by atomic mass is 19.3. The average Bonchev–Trinajstić information content (AvgIpc) is 2.74. The minimum Gasteiger partial charge on any atom is -0.251 e. The molecule has 2 fully saturated rings. The molecular weight excluding hydrogens is 383 g/mol. The summed E-state index contributed by atoms with van der Waals surface area (Å²) in [6, 6.07) is 5.55. The van der Waals surface area contributed by atoms with Crippen molar-refractivity contribution in [1.29, 1.82) is 0 Å². The van der Waals surface area contributed by atoms with Gasteiger partial charge >= 0.3 is 12.3 Å². The topological polar surface area (TPSA) is 0 Å². The lowest BCUT2D eigenvalue weighted by Gasteiger charge is -2.38. The fraction of sp³-hybridized carbons (Fsp3) is 0.750. The first-order valence-electron chi connectivity index (χ1n) is 11.2. The molecule has 0 atom stereocenters. The SMILES string of the molecule is FCCCCC1CCC(C2CCC(c3ccc(C(F)(F)C(F)F)cc3)CC2)CC1. The van der Waals surface area contributed by atoms with Gasteiger partial charge in [-0.25, -0.2) is 8.78 Å². The first-order chi connectivity index (χ1) is 13.9. The number of hydrogen-bond acceptors (Lipinski definition) is 0. The first-order valence-corrected chi connectivity index (χ1v) is 11.2. The summed E-state index contributed by atoms with van der Waals surface area (Å²) in [6.45, 7) is -0.198. The molecule has 0 N–H and O–H groups in total. The Morgan fingerprint density at radius 3 is 1.86 bits per heavy atom. The normalized spacial score (nSPS) is 28.6. The zero-order valence-corrected chi connectivity index (χ0v) is 17.1. The quantitative estimate of drug-likeness (QED) is 0.295. The molecule has 1 aromatic rings. The standard InChI is InChI=1S/C24H33F5/c25-16-2-1-3-17-4-6-18(7-5-17)19-8-10-20(11-9-19)21-12-14-22(15-13-21)24(28,29)23(26)27/h12-15,17-20,23H,1-11,16H2. The van der Waals surface area contributed by atoms with E-state index in [0.717, 1.165) is 67.6 Å². The molecule has 0 radical (unpaired) electrons. The number of alkyl halides is 5. The molecular formula is C24H33F5. The summed E-state index contributed by atoms with van der Waals surface area (Å²) in [7, 11) is 0. The van der Waals surface area contributed by atoms with E-state index in [2.05, 4.69) is 0 Å². The Bertz CT molecular complexity index is 596. The molecule has 0 aromatic heterocycles. The summed E-state index contributed by atoms with van der Waals surface area (Å²) in [4.78, 5) is 0. The number of benzene rings is 1. The van der Waals surface area contributed by atoms with E-state index in [4.69, 9.17) is 0 Å². The number of unbranched alkanes of at least 4 members (excludes halogenated alkanes) is 1. The molecule has 0 nitrogen and oxygen atoms in total. The lowest BCUT2D eigenvalue weighted by Crippen LogP contribution is -2.25. The van der Waals surface area contributed by atoms with E-state index in [1.807, 2.05) is 0 Å². The number of rotatable bonds is 8. The van der Waals surface area contributed by atoms with Crippen LogP contribution in [0.15, 0.2) is 24.3 Å². The van der Waals surface area contributed by atoms with Crippen molar-refractivity contribution in [3.05, 3.63) is 35.4 Å². The van der Waals surface area contributed by atoms with Crippen LogP contribution in [0.25, 0.3) is 0 Å². The number of hydrogen-bond donors (Lipinski definition) is 0. The predicted octanol–water partition coefficient (Wildman–Crippen LogP) is 8.26. The van der Waals surface area contributed by atoms with Gasteiger partial charge in [0.2, 0.25) is 0 Å². The van der Waals surface area contributed by atoms with Gasteiger partial charge in [0.1, 0.15) is 0 Å². The summed E-state index contributed by atoms with van der Waals surface area (Å²) in [6.07, 6.45) is 8.74. The third-order valence-electron chi connectivity index (χ3n) is 7.37. The van der Waals surface area contributed by atoms with Crippen molar-refractivity contribution >= 4 is 0 Å². The maximum atomic E-state index is 13.5. The van der Waals surface area contributed by atoms with Crippen LogP contribution in [0.1, 0.15) is 87.7 Å². The van der Waals surface area contributed by atoms with Gasteiger partial charge in [-0.05, 0) is 74.2 Å². The van der Waals surface area contributed by atoms with Crippen LogP contribution in [-0.2, 0) is 5.92 Å². The van der Waals surface area contributed by atoms with E-state index in [0.29, 0.717) is 12.3 Å². The van der Waals surface area contributed by atoms with Crippen LogP contribution in [0.3, 0.4) is 0 Å². The Hall–Kier alpha value is -1.13. The van der Waals surface area contributed by atoms with Crippen LogP contribution >= 0.6 is 0 Å². The molecule has 0 heterocycles. The summed E-state index contributed by atoms with van der Waals surface area (Å²) in [5, 5.41) is 0. The molecule has 0 spiro atoms. The second-order valence-corrected chi connectivity index (χ2v) is 9.12. The van der Waals surface area contributed by atoms with Crippen LogP contribution < -0.4 is 0 Å². The third kappa shape index (κ3) is 5.73. The summed E-state index contributed by atoms with van der Waals surface area (Å²) < 4.78 is 64.2. The van der Waals surface area contributed by atoms with Gasteiger partial charge in [0.05, 0.1) is 6.67 Å². The molecule has 0 amide bonds. The smallest absolute Gasteiger partial charge is 0.251 e. The van der Waals surface area contributed by atoms with Crippen LogP contribution in [0.4, 0.5) is 22.0 Å². The second kappa shape index (κ2) is 10.3. The molecule has 0 bridgehead atoms. The van der Waals surface area contributed by atoms with Gasteiger partial charge in [-0.15, -0.1) is 0 Å². The van der Waals surface area contributed by atoms with Crippen molar-refractivity contribution in [3.63, 3.8) is 0 Å². The van der Waals surface area contributed by atoms with Crippen molar-refractivity contribution in [2.45, 2.75) is 88.9 Å². The maximum Gasteiger partial charge on any atom is 0.332 e. The van der Waals surface area contributed by atoms with Gasteiger partial charge in [-0.3, -0.25) is 4.39 Å². The zero-order chi connectivity index (χ0) is 20.9. The van der Waals surface area contributed by atoms with E-state index in [9.17, 15) is 22.0 Å². The monoisotopic (exact) mass is 416 g/mol. The average molecular weight is 417 g/mol. The van der Waals surface area contributed by atoms with Crippen LogP contribution in [-0.4, -0.2) is 13.1 Å². The van der Waals surface area contributed by atoms with Crippen molar-refractivity contribution in [3.8, 4) is 0 Å². The second-order valence-electron chi connectivity index (χ2n) is 9.12. The molecule has 2 saturated carbocycles.